The van der Waals surface area contributed by atoms with Crippen molar-refractivity contribution in [3.63, 3.8) is 0 Å². The van der Waals surface area contributed by atoms with Crippen LogP contribution in [0.3, 0.4) is 0 Å². The molecule has 0 aromatic rings. The van der Waals surface area contributed by atoms with E-state index in [1.165, 1.54) is 13.8 Å². The molecule has 90 heavy (non-hydrogen) atoms. The third kappa shape index (κ3) is 12.9. The first-order valence-corrected chi connectivity index (χ1v) is 32.1. The maximum absolute atomic E-state index is 12.9. The van der Waals surface area contributed by atoms with Crippen molar-refractivity contribution in [3.8, 4) is 0 Å². The van der Waals surface area contributed by atoms with Crippen LogP contribution in [-0.4, -0.2) is 308 Å². The first-order valence-electron chi connectivity index (χ1n) is 32.1. The molecule has 35 atom stereocenters. The molecule has 3 unspecified atom stereocenters. The molecule has 0 bridgehead atoms. The van der Waals surface area contributed by atoms with Gasteiger partial charge in [-0.05, 0) is 106 Å². The summed E-state index contributed by atoms with van der Waals surface area (Å²) in [5, 5.41) is 207. The monoisotopic (exact) mass is 1300 g/mol. The normalized spacial score (nSPS) is 51.3. The molecular weight excluding hydrogens is 1200 g/mol. The highest BCUT2D eigenvalue weighted by Crippen LogP contribution is 2.76. The van der Waals surface area contributed by atoms with Crippen LogP contribution in [0.2, 0.25) is 0 Å². The second-order valence-corrected chi connectivity index (χ2v) is 28.8. The average Bonchev–Trinajstić information content (AvgIpc) is 1.36. The molecule has 0 aromatic carbocycles. The van der Waals surface area contributed by atoms with E-state index < -0.39 is 227 Å². The SMILES string of the molecule is CC[C@@]12CCC([C@H](C)CC[C@@H](O[C@@H]3O[C@H](CO[C@H]4O[C@H](CO)[C@@H](O)[C@H](O)[C@H]4O)[C@@H](O[C@H]4O[C@H](CO)[C@@H](O)[C@H](O)[C@H]4O)[C@H](O)[C@H]3O[C@@H]3O[C@H](CO)[C@@H](O)[C@H](O)[C@H]3O)C(C)(C)O)[C@@]1(C)C[C@@H](O)[C@@]1(C)C3CC[C@H](O[C@@H]4O[C@H](CO)[C@@H](O)[C@H](O)[C@H]4O)C(C)(C)C3=CCC12. The smallest absolute Gasteiger partial charge is 0.187 e. The molecule has 0 radical (unpaired) electrons. The van der Waals surface area contributed by atoms with E-state index in [1.54, 1.807) is 0 Å². The van der Waals surface area contributed by atoms with Gasteiger partial charge < -0.3 is 144 Å². The third-order valence-corrected chi connectivity index (χ3v) is 23.2. The highest BCUT2D eigenvalue weighted by molar-refractivity contribution is 5.32. The van der Waals surface area contributed by atoms with Crippen molar-refractivity contribution >= 4 is 0 Å². The quantitative estimate of drug-likeness (QED) is 0.0479. The number of allylic oxidation sites excluding steroid dienone is 1. The van der Waals surface area contributed by atoms with Crippen LogP contribution in [0.25, 0.3) is 0 Å². The summed E-state index contributed by atoms with van der Waals surface area (Å²) in [6, 6.07) is 0. The Morgan fingerprint density at radius 3 is 1.48 bits per heavy atom. The molecule has 5 aliphatic heterocycles. The van der Waals surface area contributed by atoms with Crippen LogP contribution in [0.5, 0.6) is 0 Å². The zero-order valence-electron chi connectivity index (χ0n) is 52.5. The van der Waals surface area contributed by atoms with Gasteiger partial charge in [-0.25, -0.2) is 0 Å². The molecule has 8 fully saturated rings. The third-order valence-electron chi connectivity index (χ3n) is 23.2. The highest BCUT2D eigenvalue weighted by Gasteiger charge is 2.71. The Labute approximate surface area is 523 Å². The Kier molecular flexibility index (Phi) is 22.8. The summed E-state index contributed by atoms with van der Waals surface area (Å²) in [5.74, 6) is -0.00922. The van der Waals surface area contributed by atoms with Crippen LogP contribution in [0.4, 0.5) is 0 Å². The van der Waals surface area contributed by atoms with Gasteiger partial charge >= 0.3 is 0 Å². The van der Waals surface area contributed by atoms with E-state index in [2.05, 4.69) is 47.6 Å². The summed E-state index contributed by atoms with van der Waals surface area (Å²) in [4.78, 5) is 0. The van der Waals surface area contributed by atoms with Gasteiger partial charge in [0.2, 0.25) is 0 Å². The molecule has 0 aromatic heterocycles. The maximum atomic E-state index is 12.9. The van der Waals surface area contributed by atoms with Crippen LogP contribution < -0.4 is 0 Å². The molecule has 29 heteroatoms. The Morgan fingerprint density at radius 2 is 1.00 bits per heavy atom. The van der Waals surface area contributed by atoms with Gasteiger partial charge in [0.25, 0.3) is 0 Å². The highest BCUT2D eigenvalue weighted by atomic mass is 16.8. The van der Waals surface area contributed by atoms with E-state index in [9.17, 15) is 97.0 Å². The summed E-state index contributed by atoms with van der Waals surface area (Å²) in [5.41, 5.74) is -2.38. The Bertz CT molecular complexity index is 2360. The number of fused-ring (bicyclic) bond motifs is 5. The largest absolute Gasteiger partial charge is 0.394 e. The average molecular weight is 1300 g/mol. The lowest BCUT2D eigenvalue weighted by molar-refractivity contribution is -0.397. The maximum Gasteiger partial charge on any atom is 0.187 e. The lowest BCUT2D eigenvalue weighted by Crippen LogP contribution is -2.67. The second kappa shape index (κ2) is 28.2. The molecule has 19 N–H and O–H groups in total. The molecule has 9 aliphatic rings. The molecule has 29 nitrogen and oxygen atoms in total. The molecule has 3 saturated carbocycles. The fourth-order valence-corrected chi connectivity index (χ4v) is 17.7. The van der Waals surface area contributed by atoms with Crippen LogP contribution in [0.15, 0.2) is 11.6 Å². The van der Waals surface area contributed by atoms with Gasteiger partial charge in [-0.2, -0.15) is 0 Å². The standard InChI is InChI=1S/C61H104O29/c1-9-61-17-16-25(59(61,7)18-34(66)60(8)27-12-15-35(57(3,4)26(27)11-13-33(60)61)87-53-46(76)42(72)38(68)29(20-63)83-53)24(2)10-14-36(58(5,6)80)88-56-51(90-55-48(78)44(74)40(70)31(22-65)85-55)49(79)50(89-54-47(77)43(73)39(69)30(21-64)84-54)32(86-56)23-81-52-45(75)41(71)37(67)28(19-62)82-52/h11,24-25,27-56,62-80H,9-10,12-23H2,1-8H3/t24-,25?,27?,28-,29-,30-,31-,32-,33?,34-,35+,36-,37-,38-,39-,40-,41+,42+,43+,44+,45-,46-,47-,48-,49+,50-,51-,52+,53+,54-,55+,56+,59-,60+,61+/m1/s1. The number of aliphatic hydroxyl groups excluding tert-OH is 18. The van der Waals surface area contributed by atoms with Gasteiger partial charge in [-0.3, -0.25) is 0 Å². The van der Waals surface area contributed by atoms with Crippen molar-refractivity contribution in [1.82, 2.24) is 0 Å². The van der Waals surface area contributed by atoms with Crippen molar-refractivity contribution in [2.75, 3.05) is 33.0 Å². The summed E-state index contributed by atoms with van der Waals surface area (Å²) in [6.07, 6.45) is -38.8. The molecule has 5 heterocycles. The molecule has 0 spiro atoms. The minimum atomic E-state index is -2.12. The van der Waals surface area contributed by atoms with Gasteiger partial charge in [-0.15, -0.1) is 0 Å². The van der Waals surface area contributed by atoms with Crippen LogP contribution in [0, 0.1) is 45.3 Å². The van der Waals surface area contributed by atoms with Crippen molar-refractivity contribution in [2.24, 2.45) is 45.3 Å². The fraction of sp³-hybridized carbons (Fsp3) is 0.967. The lowest BCUT2D eigenvalue weighted by Gasteiger charge is -2.68. The van der Waals surface area contributed by atoms with E-state index >= 15 is 0 Å². The first kappa shape index (κ1) is 72.8. The Morgan fingerprint density at radius 1 is 0.544 bits per heavy atom. The second-order valence-electron chi connectivity index (χ2n) is 28.8. The number of aliphatic hydroxyl groups is 19. The zero-order valence-corrected chi connectivity index (χ0v) is 52.5. The molecular formula is C61H104O29. The van der Waals surface area contributed by atoms with E-state index in [4.69, 9.17) is 47.4 Å². The van der Waals surface area contributed by atoms with E-state index in [0.29, 0.717) is 32.1 Å². The minimum Gasteiger partial charge on any atom is -0.394 e. The summed E-state index contributed by atoms with van der Waals surface area (Å²) >= 11 is 0. The van der Waals surface area contributed by atoms with Crippen molar-refractivity contribution in [3.05, 3.63) is 11.6 Å². The number of ether oxygens (including phenoxy) is 10. The van der Waals surface area contributed by atoms with Gasteiger partial charge in [0.1, 0.15) is 122 Å². The van der Waals surface area contributed by atoms with Gasteiger partial charge in [0.15, 0.2) is 31.5 Å². The number of hydrogen-bond donors (Lipinski definition) is 19. The van der Waals surface area contributed by atoms with Crippen LogP contribution in [-0.2, 0) is 47.4 Å². The summed E-state index contributed by atoms with van der Waals surface area (Å²) < 4.78 is 60.7. The van der Waals surface area contributed by atoms with Gasteiger partial charge in [0.05, 0.1) is 56.9 Å². The minimum absolute atomic E-state index is 0.0347. The Hall–Kier alpha value is -1.42. The van der Waals surface area contributed by atoms with Crippen LogP contribution in [0.1, 0.15) is 113 Å². The topological polar surface area (TPSA) is 477 Å². The lowest BCUT2D eigenvalue weighted by atomic mass is 9.37. The van der Waals surface area contributed by atoms with Crippen molar-refractivity contribution in [2.45, 2.75) is 291 Å². The Balaban J connectivity index is 0.976. The molecule has 522 valence electrons. The van der Waals surface area contributed by atoms with Crippen LogP contribution >= 0.6 is 0 Å². The zero-order chi connectivity index (χ0) is 66.2. The number of rotatable bonds is 21. The number of hydrogen-bond acceptors (Lipinski definition) is 29. The van der Waals surface area contributed by atoms with Gasteiger partial charge in [0, 0.05) is 10.8 Å². The van der Waals surface area contributed by atoms with E-state index in [-0.39, 0.29) is 35.5 Å². The molecule has 0 amide bonds. The predicted molar refractivity (Wildman–Crippen MR) is 305 cm³/mol. The fourth-order valence-electron chi connectivity index (χ4n) is 17.7. The van der Waals surface area contributed by atoms with Crippen molar-refractivity contribution in [1.29, 1.82) is 0 Å². The van der Waals surface area contributed by atoms with Gasteiger partial charge in [-0.1, -0.05) is 53.2 Å². The van der Waals surface area contributed by atoms with E-state index in [1.807, 2.05) is 0 Å². The summed E-state index contributed by atoms with van der Waals surface area (Å²) in [6.45, 7) is 12.0. The first-order chi connectivity index (χ1) is 42.2. The molecule has 5 saturated heterocycles. The molecule has 9 rings (SSSR count). The molecule has 4 aliphatic carbocycles. The predicted octanol–water partition coefficient (Wildman–Crippen LogP) is -5.02. The summed E-state index contributed by atoms with van der Waals surface area (Å²) in [7, 11) is 0. The van der Waals surface area contributed by atoms with E-state index in [0.717, 1.165) is 24.8 Å². The van der Waals surface area contributed by atoms with Crippen molar-refractivity contribution < 1.29 is 144 Å².